The van der Waals surface area contributed by atoms with Crippen molar-refractivity contribution in [2.75, 3.05) is 35.8 Å². The van der Waals surface area contributed by atoms with E-state index in [1.807, 2.05) is 0 Å². The number of rotatable bonds is 38. The molecular weight excluding hydrogens is 950 g/mol. The van der Waals surface area contributed by atoms with Gasteiger partial charge >= 0.3 is 27.6 Å². The van der Waals surface area contributed by atoms with Crippen LogP contribution in [-0.4, -0.2) is 118 Å². The van der Waals surface area contributed by atoms with Crippen LogP contribution in [0.3, 0.4) is 0 Å². The Bertz CT molecular complexity index is 1850. The maximum absolute atomic E-state index is 18.5. The Morgan fingerprint density at radius 1 is 0.492 bits per heavy atom. The van der Waals surface area contributed by atoms with Crippen LogP contribution in [0, 0.1) is 0 Å². The summed E-state index contributed by atoms with van der Waals surface area (Å²) >= 11 is 0. The first kappa shape index (κ1) is 61.4. The van der Waals surface area contributed by atoms with E-state index in [1.165, 1.54) is 0 Å². The second kappa shape index (κ2) is 27.3. The highest BCUT2D eigenvalue weighted by Gasteiger charge is 2.92. The Hall–Kier alpha value is -1.59. The van der Waals surface area contributed by atoms with Crippen LogP contribution in [0.25, 0.3) is 0 Å². The van der Waals surface area contributed by atoms with Crippen LogP contribution in [-0.2, 0) is 59.6 Å². The summed E-state index contributed by atoms with van der Waals surface area (Å²) in [6, 6.07) is 0. The summed E-state index contributed by atoms with van der Waals surface area (Å²) in [6.45, 7) is 11.3. The molecule has 376 valence electrons. The SMILES string of the molecule is C=CC(=O)OC(N(F)S(=O)(=O)CCCCCC)(C(N(F)S(=O)(=O)CCCCCC)(N(F)S(=O)(=O)CCCCCC)N(F)S(=O)(=O)CCCCCC)[N+](C)(F)S(=O)(=O)CCCCCC. The minimum Gasteiger partial charge on any atom is -0.381 e. The lowest BCUT2D eigenvalue weighted by atomic mass is 10.2. The number of ether oxygens (including phenoxy) is 1. The van der Waals surface area contributed by atoms with Crippen LogP contribution < -0.4 is 0 Å². The van der Waals surface area contributed by atoms with E-state index in [4.69, 9.17) is 4.74 Å². The van der Waals surface area contributed by atoms with Crippen LogP contribution >= 0.6 is 0 Å². The topological polar surface area (TPSA) is 210 Å². The van der Waals surface area contributed by atoms with Gasteiger partial charge in [0.25, 0.3) is 0 Å². The lowest BCUT2D eigenvalue weighted by molar-refractivity contribution is -1.02. The molecule has 0 radical (unpaired) electrons. The third-order valence-electron chi connectivity index (χ3n) is 10.1. The van der Waals surface area contributed by atoms with Gasteiger partial charge in [-0.2, -0.15) is 8.42 Å². The number of halogens is 5. The van der Waals surface area contributed by atoms with Gasteiger partial charge in [0.2, 0.25) is 40.1 Å². The van der Waals surface area contributed by atoms with E-state index in [1.54, 1.807) is 34.6 Å². The van der Waals surface area contributed by atoms with Crippen LogP contribution in [0.1, 0.15) is 163 Å². The molecule has 17 nitrogen and oxygen atoms in total. The number of likely N-dealkylation sites (N-methyl/N-ethyl adjacent to an activating group) is 1. The Kier molecular flexibility index (Phi) is 26.6. The summed E-state index contributed by atoms with van der Waals surface area (Å²) in [5, 5.41) is 0. The minimum absolute atomic E-state index is 0.0699. The van der Waals surface area contributed by atoms with Crippen molar-refractivity contribution in [3.8, 4) is 0 Å². The summed E-state index contributed by atoms with van der Waals surface area (Å²) < 4.78 is 224. The number of hydrogen-bond acceptors (Lipinski definition) is 12. The molecule has 0 aromatic heterocycles. The number of sulfonamides is 5. The van der Waals surface area contributed by atoms with Crippen LogP contribution in [0.2, 0.25) is 0 Å². The second-order valence-corrected chi connectivity index (χ2v) is 25.2. The van der Waals surface area contributed by atoms with Gasteiger partial charge in [-0.1, -0.05) is 138 Å². The molecular formula is C36H71F5N5O12S5+. The summed E-state index contributed by atoms with van der Waals surface area (Å²) in [6.07, 6.45) is -0.401. The Labute approximate surface area is 373 Å². The fourth-order valence-corrected chi connectivity index (χ4v) is 13.7. The largest absolute Gasteiger partial charge is 0.457 e. The van der Waals surface area contributed by atoms with Crippen molar-refractivity contribution in [3.63, 3.8) is 0 Å². The molecule has 2 unspecified atom stereocenters. The Morgan fingerprint density at radius 2 is 0.746 bits per heavy atom. The molecule has 0 aromatic carbocycles. The van der Waals surface area contributed by atoms with E-state index in [2.05, 4.69) is 6.58 Å². The molecule has 0 amide bonds. The highest BCUT2D eigenvalue weighted by atomic mass is 32.2. The number of esters is 1. The van der Waals surface area contributed by atoms with Gasteiger partial charge in [-0.05, 0) is 32.1 Å². The molecule has 0 N–H and O–H groups in total. The predicted molar refractivity (Wildman–Crippen MR) is 230 cm³/mol. The lowest BCUT2D eigenvalue weighted by Gasteiger charge is -2.52. The molecule has 0 spiro atoms. The first-order valence-corrected chi connectivity index (χ1v) is 29.6. The molecule has 0 fully saturated rings. The summed E-state index contributed by atoms with van der Waals surface area (Å²) in [5.74, 6) is -22.9. The average molecular weight is 1020 g/mol. The van der Waals surface area contributed by atoms with E-state index in [0.717, 1.165) is 0 Å². The van der Waals surface area contributed by atoms with Gasteiger partial charge in [0, 0.05) is 28.2 Å². The maximum Gasteiger partial charge on any atom is 0.457 e. The zero-order valence-electron chi connectivity index (χ0n) is 37.5. The van der Waals surface area contributed by atoms with E-state index >= 15 is 22.4 Å². The van der Waals surface area contributed by atoms with Gasteiger partial charge in [0.15, 0.2) is 0 Å². The first-order valence-electron chi connectivity index (χ1n) is 21.5. The number of hydrogen-bond donors (Lipinski definition) is 0. The Morgan fingerprint density at radius 3 is 1.00 bits per heavy atom. The van der Waals surface area contributed by atoms with Gasteiger partial charge in [-0.3, -0.25) is 0 Å². The summed E-state index contributed by atoms with van der Waals surface area (Å²) in [4.78, 5) is 13.5. The molecule has 63 heavy (non-hydrogen) atoms. The minimum atomic E-state index is -6.43. The van der Waals surface area contributed by atoms with Gasteiger partial charge in [-0.15, -0.1) is 17.9 Å². The molecule has 0 bridgehead atoms. The maximum atomic E-state index is 18.5. The molecule has 0 aliphatic heterocycles. The van der Waals surface area contributed by atoms with E-state index in [-0.39, 0.29) is 70.3 Å². The normalized spacial score (nSPS) is 15.5. The van der Waals surface area contributed by atoms with Gasteiger partial charge in [0.05, 0.1) is 27.5 Å². The highest BCUT2D eigenvalue weighted by Crippen LogP contribution is 2.54. The smallest absolute Gasteiger partial charge is 0.381 e. The zero-order valence-corrected chi connectivity index (χ0v) is 41.6. The van der Waals surface area contributed by atoms with Crippen molar-refractivity contribution in [2.24, 2.45) is 0 Å². The summed E-state index contributed by atoms with van der Waals surface area (Å²) in [7, 11) is -32.4. The van der Waals surface area contributed by atoms with E-state index in [0.29, 0.717) is 32.1 Å². The van der Waals surface area contributed by atoms with Crippen molar-refractivity contribution in [2.45, 2.75) is 175 Å². The first-order chi connectivity index (χ1) is 29.1. The number of carbonyl (C=O) groups excluding carboxylic acids is 1. The number of carbonyl (C=O) groups is 1. The predicted octanol–water partition coefficient (Wildman–Crippen LogP) is 7.65. The zero-order chi connectivity index (χ0) is 49.0. The van der Waals surface area contributed by atoms with E-state index < -0.39 is 158 Å². The van der Waals surface area contributed by atoms with Crippen molar-refractivity contribution in [1.29, 1.82) is 0 Å². The molecule has 27 heteroatoms. The van der Waals surface area contributed by atoms with Gasteiger partial charge in [-0.25, -0.2) is 38.5 Å². The quantitative estimate of drug-likeness (QED) is 0.0146. The fourth-order valence-electron chi connectivity index (χ4n) is 6.43. The van der Waals surface area contributed by atoms with Crippen LogP contribution in [0.4, 0.5) is 22.4 Å². The molecule has 0 aromatic rings. The molecule has 0 saturated carbocycles. The third kappa shape index (κ3) is 15.5. The third-order valence-corrected chi connectivity index (χ3v) is 18.4. The molecule has 0 heterocycles. The monoisotopic (exact) mass is 1020 g/mol. The second-order valence-electron chi connectivity index (χ2n) is 15.4. The Balaban J connectivity index is 9.81. The standard InChI is InChI=1S/C36H71F5N5O12S5/c1-8-14-19-24-29-59(48,49)42(37)35(43(38)60(50,51)30-25-20-15-9-2,44(39)61(52,53)31-26-21-16-10-3)36(58-34(47)13-6,45(40)62(54,55)32-27-22-17-11-4)46(7,41)63(56,57)33-28-23-18-12-5/h13H,6,8-12,14-33H2,1-5,7H3/q+1. The molecule has 0 aliphatic rings. The number of quaternary nitrogens is 1. The van der Waals surface area contributed by atoms with Crippen LogP contribution in [0.15, 0.2) is 12.7 Å². The molecule has 0 rings (SSSR count). The summed E-state index contributed by atoms with van der Waals surface area (Å²) in [5.41, 5.74) is 0. The molecule has 0 aliphatic carbocycles. The van der Waals surface area contributed by atoms with Gasteiger partial charge in [0.1, 0.15) is 12.8 Å². The van der Waals surface area contributed by atoms with Crippen molar-refractivity contribution >= 4 is 56.1 Å². The van der Waals surface area contributed by atoms with Crippen LogP contribution in [0.5, 0.6) is 0 Å². The van der Waals surface area contributed by atoms with Gasteiger partial charge < -0.3 is 4.74 Å². The van der Waals surface area contributed by atoms with E-state index in [9.17, 15) is 46.9 Å². The van der Waals surface area contributed by atoms with Crippen molar-refractivity contribution < 1.29 is 78.1 Å². The number of nitrogens with zero attached hydrogens (tertiary/aromatic N) is 5. The lowest BCUT2D eigenvalue weighted by Crippen LogP contribution is -2.89. The number of unbranched alkanes of at least 4 members (excludes halogenated alkanes) is 15. The molecule has 0 saturated heterocycles. The molecule has 2 atom stereocenters. The fraction of sp³-hybridized carbons (Fsp3) is 0.917. The van der Waals surface area contributed by atoms with Crippen molar-refractivity contribution in [3.05, 3.63) is 12.7 Å². The highest BCUT2D eigenvalue weighted by molar-refractivity contribution is 7.91. The average Bonchev–Trinajstić information content (AvgIpc) is 3.21. The van der Waals surface area contributed by atoms with Crippen molar-refractivity contribution in [1.82, 2.24) is 18.1 Å².